The van der Waals surface area contributed by atoms with Crippen LogP contribution in [0.1, 0.15) is 72.1 Å². The summed E-state index contributed by atoms with van der Waals surface area (Å²) in [6, 6.07) is 2.69. The molecule has 2 aliphatic heterocycles. The van der Waals surface area contributed by atoms with Gasteiger partial charge in [-0.2, -0.15) is 18.2 Å². The number of halogens is 3. The molecule has 1 atom stereocenters. The summed E-state index contributed by atoms with van der Waals surface area (Å²) in [6.45, 7) is -0.693. The Balaban J connectivity index is 1.68. The second-order valence-corrected chi connectivity index (χ2v) is 9.20. The van der Waals surface area contributed by atoms with Gasteiger partial charge in [-0.05, 0) is 37.9 Å². The molecule has 0 bridgehead atoms. The summed E-state index contributed by atoms with van der Waals surface area (Å²) in [5, 5.41) is 2.33. The number of fused-ring (bicyclic) bond motifs is 1. The van der Waals surface area contributed by atoms with Gasteiger partial charge in [-0.15, -0.1) is 0 Å². The number of unbranched alkanes of at least 4 members (excludes halogenated alkanes) is 5. The Bertz CT molecular complexity index is 1170. The Morgan fingerprint density at radius 1 is 1.02 bits per heavy atom. The predicted octanol–water partition coefficient (Wildman–Crippen LogP) is 1.61. The molecule has 2 aliphatic rings. The number of benzene rings is 1. The van der Waals surface area contributed by atoms with Crippen LogP contribution in [0.2, 0.25) is 0 Å². The van der Waals surface area contributed by atoms with Crippen molar-refractivity contribution in [3.05, 3.63) is 29.3 Å². The van der Waals surface area contributed by atoms with Crippen molar-refractivity contribution in [2.45, 2.75) is 63.6 Å². The molecule has 40 heavy (non-hydrogen) atoms. The van der Waals surface area contributed by atoms with Crippen LogP contribution in [0.5, 0.6) is 5.75 Å². The van der Waals surface area contributed by atoms with E-state index in [1.54, 1.807) is 0 Å². The maximum atomic E-state index is 13.1. The molecule has 1 saturated heterocycles. The summed E-state index contributed by atoms with van der Waals surface area (Å²) < 4.78 is 43.7. The minimum Gasteiger partial charge on any atom is -0.483 e. The first-order chi connectivity index (χ1) is 19.0. The van der Waals surface area contributed by atoms with Crippen molar-refractivity contribution in [1.82, 2.24) is 15.3 Å². The van der Waals surface area contributed by atoms with E-state index >= 15 is 0 Å². The molecule has 1 aromatic carbocycles. The lowest BCUT2D eigenvalue weighted by atomic mass is 10.0. The zero-order chi connectivity index (χ0) is 29.4. The fourth-order valence-electron chi connectivity index (χ4n) is 4.30. The summed E-state index contributed by atoms with van der Waals surface area (Å²) in [6.07, 6.45) is -1.38. The topological polar surface area (TPSA) is 165 Å². The van der Waals surface area contributed by atoms with Gasteiger partial charge in [0.2, 0.25) is 11.8 Å². The normalized spacial score (nSPS) is 17.0. The molecule has 0 saturated carbocycles. The fraction of sp³-hybridized carbons (Fsp3) is 0.520. The number of piperidine rings is 1. The maximum absolute atomic E-state index is 13.1. The van der Waals surface area contributed by atoms with Crippen LogP contribution >= 0.6 is 0 Å². The monoisotopic (exact) mass is 570 g/mol. The van der Waals surface area contributed by atoms with Crippen LogP contribution in [0.15, 0.2) is 18.2 Å². The van der Waals surface area contributed by atoms with Gasteiger partial charge in [0, 0.05) is 6.42 Å². The average molecular weight is 571 g/mol. The second-order valence-electron chi connectivity index (χ2n) is 9.20. The highest BCUT2D eigenvalue weighted by Crippen LogP contribution is 2.33. The highest BCUT2D eigenvalue weighted by molar-refractivity contribution is 6.24. The Kier molecular flexibility index (Phi) is 10.2. The van der Waals surface area contributed by atoms with Crippen molar-refractivity contribution in [3.63, 3.8) is 0 Å². The van der Waals surface area contributed by atoms with Crippen LogP contribution in [-0.2, 0) is 24.0 Å². The number of carbonyl (C=O) groups is 6. The number of hydrogen-bond donors (Lipinski definition) is 2. The van der Waals surface area contributed by atoms with Crippen LogP contribution in [0.3, 0.4) is 0 Å². The molecule has 0 spiro atoms. The fourth-order valence-corrected chi connectivity index (χ4v) is 4.30. The summed E-state index contributed by atoms with van der Waals surface area (Å²) in [7, 11) is 0. The second kappa shape index (κ2) is 13.4. The first-order valence-electron chi connectivity index (χ1n) is 12.7. The van der Waals surface area contributed by atoms with Gasteiger partial charge in [0.05, 0.1) is 17.7 Å². The minimum atomic E-state index is -5.34. The molecule has 12 nitrogen and oxygen atoms in total. The molecule has 3 rings (SSSR count). The van der Waals surface area contributed by atoms with E-state index < -0.39 is 54.3 Å². The maximum Gasteiger partial charge on any atom is 0.493 e. The standard InChI is InChI=1S/C25H29F3N4O8/c26-25(27,28)24(38)40-31(13-6-4-2-1-3-5-12-29)19(34)14-39-17-9-7-8-15-20(17)23(37)32(22(15)36)16-10-11-18(33)30-21(16)35/h7-9,16H,1-6,10-14,29H2,(H,30,33,35). The predicted molar refractivity (Wildman–Crippen MR) is 129 cm³/mol. The molecule has 5 amide bonds. The van der Waals surface area contributed by atoms with E-state index in [0.29, 0.717) is 17.9 Å². The lowest BCUT2D eigenvalue weighted by Gasteiger charge is -2.27. The van der Waals surface area contributed by atoms with Crippen molar-refractivity contribution in [2.75, 3.05) is 19.7 Å². The van der Waals surface area contributed by atoms with Gasteiger partial charge >= 0.3 is 12.1 Å². The van der Waals surface area contributed by atoms with Gasteiger partial charge < -0.3 is 15.3 Å². The first-order valence-corrected chi connectivity index (χ1v) is 12.7. The van der Waals surface area contributed by atoms with E-state index in [2.05, 4.69) is 10.2 Å². The van der Waals surface area contributed by atoms with Gasteiger partial charge in [-0.3, -0.25) is 34.2 Å². The zero-order valence-electron chi connectivity index (χ0n) is 21.5. The number of rotatable bonds is 12. The number of hydrogen-bond acceptors (Lipinski definition) is 9. The number of carbonyl (C=O) groups excluding carboxylic acids is 6. The van der Waals surface area contributed by atoms with E-state index in [1.165, 1.54) is 18.2 Å². The van der Waals surface area contributed by atoms with Crippen LogP contribution < -0.4 is 15.8 Å². The van der Waals surface area contributed by atoms with Crippen LogP contribution in [0, 0.1) is 0 Å². The quantitative estimate of drug-likeness (QED) is 0.216. The zero-order valence-corrected chi connectivity index (χ0v) is 21.5. The SMILES string of the molecule is NCCCCCCCCN(OC(=O)C(F)(F)F)C(=O)COc1cccc2c1C(=O)N(C1CCC(=O)NC1=O)C2=O. The van der Waals surface area contributed by atoms with E-state index in [-0.39, 0.29) is 47.7 Å². The van der Waals surface area contributed by atoms with E-state index in [9.17, 15) is 41.9 Å². The number of alkyl halides is 3. The molecular weight excluding hydrogens is 541 g/mol. The van der Waals surface area contributed by atoms with E-state index in [1.807, 2.05) is 0 Å². The molecule has 1 unspecified atom stereocenters. The summed E-state index contributed by atoms with van der Waals surface area (Å²) in [5.74, 6) is -7.00. The Morgan fingerprint density at radius 2 is 1.70 bits per heavy atom. The molecule has 0 aromatic heterocycles. The van der Waals surface area contributed by atoms with Crippen LogP contribution in [0.4, 0.5) is 13.2 Å². The molecular formula is C25H29F3N4O8. The summed E-state index contributed by atoms with van der Waals surface area (Å²) >= 11 is 0. The molecule has 2 heterocycles. The Morgan fingerprint density at radius 3 is 2.35 bits per heavy atom. The summed E-state index contributed by atoms with van der Waals surface area (Å²) in [5.41, 5.74) is 5.06. The minimum absolute atomic E-state index is 0.0721. The largest absolute Gasteiger partial charge is 0.493 e. The number of nitrogens with one attached hydrogen (secondary N) is 1. The highest BCUT2D eigenvalue weighted by Gasteiger charge is 2.46. The van der Waals surface area contributed by atoms with Gasteiger partial charge in [0.1, 0.15) is 11.8 Å². The van der Waals surface area contributed by atoms with Crippen LogP contribution in [-0.4, -0.2) is 77.4 Å². The lowest BCUT2D eigenvalue weighted by Crippen LogP contribution is -2.54. The van der Waals surface area contributed by atoms with Crippen molar-refractivity contribution in [3.8, 4) is 5.75 Å². The van der Waals surface area contributed by atoms with Gasteiger partial charge in [0.15, 0.2) is 6.61 Å². The smallest absolute Gasteiger partial charge is 0.483 e. The molecule has 0 aliphatic carbocycles. The van der Waals surface area contributed by atoms with Gasteiger partial charge in [-0.25, -0.2) is 4.79 Å². The lowest BCUT2D eigenvalue weighted by molar-refractivity contribution is -0.237. The molecule has 1 aromatic rings. The third-order valence-electron chi connectivity index (χ3n) is 6.30. The van der Waals surface area contributed by atoms with Crippen molar-refractivity contribution >= 4 is 35.5 Å². The third-order valence-corrected chi connectivity index (χ3v) is 6.30. The number of hydroxylamine groups is 2. The molecule has 1 fully saturated rings. The van der Waals surface area contributed by atoms with Gasteiger partial charge in [0.25, 0.3) is 17.7 Å². The van der Waals surface area contributed by atoms with Crippen LogP contribution in [0.25, 0.3) is 0 Å². The van der Waals surface area contributed by atoms with E-state index in [4.69, 9.17) is 10.5 Å². The van der Waals surface area contributed by atoms with Crippen molar-refractivity contribution in [1.29, 1.82) is 0 Å². The molecule has 218 valence electrons. The number of nitrogens with two attached hydrogens (primary N) is 1. The van der Waals surface area contributed by atoms with Crippen molar-refractivity contribution in [2.24, 2.45) is 5.73 Å². The Hall–Kier alpha value is -4.01. The molecule has 0 radical (unpaired) electrons. The average Bonchev–Trinajstić information content (AvgIpc) is 3.15. The van der Waals surface area contributed by atoms with Crippen molar-refractivity contribution < 1.29 is 51.5 Å². The molecule has 15 heteroatoms. The summed E-state index contributed by atoms with van der Waals surface area (Å²) in [4.78, 5) is 78.8. The first kappa shape index (κ1) is 30.5. The highest BCUT2D eigenvalue weighted by atomic mass is 19.4. The number of ether oxygens (including phenoxy) is 1. The number of amides is 5. The Labute approximate surface area is 226 Å². The van der Waals surface area contributed by atoms with E-state index in [0.717, 1.165) is 25.7 Å². The third kappa shape index (κ3) is 7.34. The van der Waals surface area contributed by atoms with Gasteiger partial charge in [-0.1, -0.05) is 31.7 Å². The number of imide groups is 2. The number of nitrogens with zero attached hydrogens (tertiary/aromatic N) is 2. The molecule has 3 N–H and O–H groups in total.